The minimum atomic E-state index is 0.0986. The molecule has 64 valence electrons. The SMILES string of the molecule is Cn1cnc2c(c1=O)CCNC2. The summed E-state index contributed by atoms with van der Waals surface area (Å²) in [6.07, 6.45) is 2.38. The van der Waals surface area contributed by atoms with Crippen LogP contribution in [0.2, 0.25) is 0 Å². The third-order valence-electron chi connectivity index (χ3n) is 2.16. The van der Waals surface area contributed by atoms with Gasteiger partial charge in [0.2, 0.25) is 0 Å². The molecular formula is C8H11N3O. The van der Waals surface area contributed by atoms with Crippen LogP contribution in [0.1, 0.15) is 11.3 Å². The standard InChI is InChI=1S/C8H11N3O/c1-11-5-10-7-4-9-3-2-6(7)8(11)12/h5,9H,2-4H2,1H3. The third kappa shape index (κ3) is 1.04. The van der Waals surface area contributed by atoms with Gasteiger partial charge in [0.25, 0.3) is 5.56 Å². The lowest BCUT2D eigenvalue weighted by molar-refractivity contribution is 0.605. The Labute approximate surface area is 70.2 Å². The number of fused-ring (bicyclic) bond motifs is 1. The largest absolute Gasteiger partial charge is 0.311 e. The van der Waals surface area contributed by atoms with Crippen LogP contribution in [0.25, 0.3) is 0 Å². The van der Waals surface area contributed by atoms with Crippen LogP contribution in [0, 0.1) is 0 Å². The highest BCUT2D eigenvalue weighted by Gasteiger charge is 2.13. The van der Waals surface area contributed by atoms with Crippen LogP contribution < -0.4 is 10.9 Å². The number of nitrogens with zero attached hydrogens (tertiary/aromatic N) is 2. The van der Waals surface area contributed by atoms with E-state index in [4.69, 9.17) is 0 Å². The number of aromatic nitrogens is 2. The molecule has 0 saturated heterocycles. The molecule has 0 atom stereocenters. The van der Waals surface area contributed by atoms with Gasteiger partial charge in [-0.25, -0.2) is 4.98 Å². The van der Waals surface area contributed by atoms with Crippen LogP contribution in [0.3, 0.4) is 0 Å². The van der Waals surface area contributed by atoms with Crippen molar-refractivity contribution >= 4 is 0 Å². The zero-order valence-electron chi connectivity index (χ0n) is 7.00. The van der Waals surface area contributed by atoms with Gasteiger partial charge < -0.3 is 9.88 Å². The average Bonchev–Trinajstić information content (AvgIpc) is 2.12. The van der Waals surface area contributed by atoms with E-state index in [0.717, 1.165) is 30.8 Å². The molecule has 1 aliphatic rings. The second-order valence-electron chi connectivity index (χ2n) is 3.01. The summed E-state index contributed by atoms with van der Waals surface area (Å²) in [6.45, 7) is 1.61. The van der Waals surface area contributed by atoms with Crippen molar-refractivity contribution in [2.75, 3.05) is 6.54 Å². The molecular weight excluding hydrogens is 154 g/mol. The van der Waals surface area contributed by atoms with E-state index in [2.05, 4.69) is 10.3 Å². The minimum absolute atomic E-state index is 0.0986. The van der Waals surface area contributed by atoms with Crippen LogP contribution in [-0.4, -0.2) is 16.1 Å². The Bertz CT molecular complexity index is 356. The molecule has 2 rings (SSSR count). The number of nitrogens with one attached hydrogen (secondary N) is 1. The summed E-state index contributed by atoms with van der Waals surface area (Å²) in [4.78, 5) is 15.7. The van der Waals surface area contributed by atoms with E-state index in [-0.39, 0.29) is 5.56 Å². The van der Waals surface area contributed by atoms with Crippen molar-refractivity contribution in [3.63, 3.8) is 0 Å². The predicted molar refractivity (Wildman–Crippen MR) is 44.9 cm³/mol. The molecule has 0 fully saturated rings. The van der Waals surface area contributed by atoms with Gasteiger partial charge in [-0.15, -0.1) is 0 Å². The summed E-state index contributed by atoms with van der Waals surface area (Å²) >= 11 is 0. The van der Waals surface area contributed by atoms with Gasteiger partial charge in [0.1, 0.15) is 0 Å². The first-order chi connectivity index (χ1) is 5.79. The highest BCUT2D eigenvalue weighted by Crippen LogP contribution is 2.04. The van der Waals surface area contributed by atoms with Crippen molar-refractivity contribution in [2.24, 2.45) is 7.05 Å². The normalized spacial score (nSPS) is 15.8. The van der Waals surface area contributed by atoms with Crippen LogP contribution >= 0.6 is 0 Å². The maximum atomic E-state index is 11.5. The van der Waals surface area contributed by atoms with Gasteiger partial charge in [0.15, 0.2) is 0 Å². The molecule has 4 nitrogen and oxygen atoms in total. The Kier molecular flexibility index (Phi) is 1.69. The maximum absolute atomic E-state index is 11.5. The van der Waals surface area contributed by atoms with Gasteiger partial charge in [0, 0.05) is 19.2 Å². The fourth-order valence-electron chi connectivity index (χ4n) is 1.45. The van der Waals surface area contributed by atoms with Crippen molar-refractivity contribution in [3.05, 3.63) is 27.9 Å². The fraction of sp³-hybridized carbons (Fsp3) is 0.500. The van der Waals surface area contributed by atoms with Crippen LogP contribution in [-0.2, 0) is 20.0 Å². The molecule has 1 aromatic rings. The third-order valence-corrected chi connectivity index (χ3v) is 2.16. The van der Waals surface area contributed by atoms with E-state index in [1.54, 1.807) is 13.4 Å². The van der Waals surface area contributed by atoms with Crippen molar-refractivity contribution in [2.45, 2.75) is 13.0 Å². The quantitative estimate of drug-likeness (QED) is 0.560. The summed E-state index contributed by atoms with van der Waals surface area (Å²) in [7, 11) is 1.73. The molecule has 0 bridgehead atoms. The maximum Gasteiger partial charge on any atom is 0.256 e. The molecule has 12 heavy (non-hydrogen) atoms. The highest BCUT2D eigenvalue weighted by atomic mass is 16.1. The van der Waals surface area contributed by atoms with Gasteiger partial charge in [-0.1, -0.05) is 0 Å². The molecule has 0 radical (unpaired) electrons. The van der Waals surface area contributed by atoms with Gasteiger partial charge in [-0.3, -0.25) is 4.79 Å². The Hall–Kier alpha value is -1.16. The lowest BCUT2D eigenvalue weighted by Gasteiger charge is -2.15. The molecule has 0 spiro atoms. The molecule has 2 heterocycles. The van der Waals surface area contributed by atoms with Crippen molar-refractivity contribution < 1.29 is 0 Å². The summed E-state index contributed by atoms with van der Waals surface area (Å²) < 4.78 is 1.53. The van der Waals surface area contributed by atoms with Crippen LogP contribution in [0.5, 0.6) is 0 Å². The summed E-state index contributed by atoms with van der Waals surface area (Å²) in [5.74, 6) is 0. The van der Waals surface area contributed by atoms with Crippen molar-refractivity contribution in [1.29, 1.82) is 0 Å². The monoisotopic (exact) mass is 165 g/mol. The molecule has 1 aliphatic heterocycles. The average molecular weight is 165 g/mol. The predicted octanol–water partition coefficient (Wildman–Crippen LogP) is -0.574. The first-order valence-electron chi connectivity index (χ1n) is 4.03. The molecule has 0 aromatic carbocycles. The lowest BCUT2D eigenvalue weighted by atomic mass is 10.1. The van der Waals surface area contributed by atoms with E-state index in [1.165, 1.54) is 4.57 Å². The van der Waals surface area contributed by atoms with E-state index in [0.29, 0.717) is 0 Å². The number of rotatable bonds is 0. The number of hydrogen-bond donors (Lipinski definition) is 1. The van der Waals surface area contributed by atoms with Crippen LogP contribution in [0.15, 0.2) is 11.1 Å². The first-order valence-corrected chi connectivity index (χ1v) is 4.03. The summed E-state index contributed by atoms with van der Waals surface area (Å²) in [5, 5.41) is 3.18. The first kappa shape index (κ1) is 7.49. The Morgan fingerprint density at radius 3 is 3.33 bits per heavy atom. The molecule has 0 amide bonds. The molecule has 1 N–H and O–H groups in total. The Morgan fingerprint density at radius 2 is 2.50 bits per heavy atom. The Morgan fingerprint density at radius 1 is 1.67 bits per heavy atom. The second-order valence-corrected chi connectivity index (χ2v) is 3.01. The molecule has 0 aliphatic carbocycles. The second kappa shape index (κ2) is 2.71. The smallest absolute Gasteiger partial charge is 0.256 e. The molecule has 4 heteroatoms. The highest BCUT2D eigenvalue weighted by molar-refractivity contribution is 5.19. The van der Waals surface area contributed by atoms with Crippen LogP contribution in [0.4, 0.5) is 0 Å². The lowest BCUT2D eigenvalue weighted by Crippen LogP contribution is -2.33. The molecule has 0 saturated carbocycles. The fourth-order valence-corrected chi connectivity index (χ4v) is 1.45. The number of hydrogen-bond acceptors (Lipinski definition) is 3. The summed E-state index contributed by atoms with van der Waals surface area (Å²) in [6, 6.07) is 0. The van der Waals surface area contributed by atoms with Gasteiger partial charge >= 0.3 is 0 Å². The minimum Gasteiger partial charge on any atom is -0.311 e. The molecule has 1 aromatic heterocycles. The topological polar surface area (TPSA) is 46.9 Å². The van der Waals surface area contributed by atoms with E-state index < -0.39 is 0 Å². The Balaban J connectivity index is 2.62. The van der Waals surface area contributed by atoms with Crippen molar-refractivity contribution in [1.82, 2.24) is 14.9 Å². The van der Waals surface area contributed by atoms with E-state index >= 15 is 0 Å². The van der Waals surface area contributed by atoms with Gasteiger partial charge in [0.05, 0.1) is 12.0 Å². The molecule has 0 unspecified atom stereocenters. The van der Waals surface area contributed by atoms with E-state index in [9.17, 15) is 4.79 Å². The zero-order chi connectivity index (χ0) is 8.55. The van der Waals surface area contributed by atoms with Gasteiger partial charge in [-0.05, 0) is 13.0 Å². The number of aryl methyl sites for hydroxylation is 1. The summed E-state index contributed by atoms with van der Waals surface area (Å²) in [5.41, 5.74) is 1.88. The van der Waals surface area contributed by atoms with E-state index in [1.807, 2.05) is 0 Å². The zero-order valence-corrected chi connectivity index (χ0v) is 7.00. The van der Waals surface area contributed by atoms with Gasteiger partial charge in [-0.2, -0.15) is 0 Å². The van der Waals surface area contributed by atoms with Crippen molar-refractivity contribution in [3.8, 4) is 0 Å².